The van der Waals surface area contributed by atoms with Gasteiger partial charge in [0.25, 0.3) is 0 Å². The normalized spacial score (nSPS) is 13.8. The van der Waals surface area contributed by atoms with E-state index in [1.54, 1.807) is 24.3 Å². The third kappa shape index (κ3) is 8.21. The molecule has 176 valence electrons. The molecule has 0 aliphatic heterocycles. The molecule has 0 fully saturated rings. The van der Waals surface area contributed by atoms with Crippen LogP contribution in [0.5, 0.6) is 0 Å². The molecule has 0 radical (unpaired) electrons. The molecule has 1 unspecified atom stereocenters. The van der Waals surface area contributed by atoms with Gasteiger partial charge in [-0.25, -0.2) is 9.78 Å². The average Bonchev–Trinajstić information content (AvgIpc) is 3.22. The topological polar surface area (TPSA) is 132 Å². The van der Waals surface area contributed by atoms with Crippen LogP contribution >= 0.6 is 11.3 Å². The van der Waals surface area contributed by atoms with E-state index in [9.17, 15) is 18.4 Å². The number of alkyl carbamates (subject to hydrolysis) is 1. The number of anilines is 1. The maximum absolute atomic E-state index is 13.1. The molecular weight excluding hydrogens is 452 g/mol. The van der Waals surface area contributed by atoms with Crippen LogP contribution in [0.15, 0.2) is 29.6 Å². The summed E-state index contributed by atoms with van der Waals surface area (Å²) in [6.45, 7) is 5.95. The second-order valence-electron chi connectivity index (χ2n) is 7.65. The Bertz CT molecular complexity index is 917. The van der Waals surface area contributed by atoms with Crippen LogP contribution in [0.2, 0.25) is 0 Å². The van der Waals surface area contributed by atoms with Gasteiger partial charge in [-0.05, 0) is 42.9 Å². The molecule has 2 amide bonds. The van der Waals surface area contributed by atoms with E-state index in [-0.39, 0.29) is 11.8 Å². The SMILES string of the molecule is CCc1csc([C@H](Cc2ccc(NS(=O)[O-])cc2)NC(=O)[C@H](CC(C)C)NC(=O)OC)n1. The van der Waals surface area contributed by atoms with Crippen LogP contribution in [-0.4, -0.2) is 38.9 Å². The highest BCUT2D eigenvalue weighted by molar-refractivity contribution is 7.80. The second-order valence-corrected chi connectivity index (χ2v) is 9.21. The highest BCUT2D eigenvalue weighted by atomic mass is 32.2. The third-order valence-corrected chi connectivity index (χ3v) is 6.05. The van der Waals surface area contributed by atoms with Crippen molar-refractivity contribution in [3.8, 4) is 0 Å². The van der Waals surface area contributed by atoms with Crippen LogP contribution in [0, 0.1) is 5.92 Å². The first-order valence-corrected chi connectivity index (χ1v) is 12.2. The summed E-state index contributed by atoms with van der Waals surface area (Å²) >= 11 is -0.929. The number of aromatic nitrogens is 1. The second kappa shape index (κ2) is 12.5. The Balaban J connectivity index is 2.23. The third-order valence-electron chi connectivity index (χ3n) is 4.64. The number of thiazole rings is 1. The zero-order chi connectivity index (χ0) is 23.7. The van der Waals surface area contributed by atoms with Crippen molar-refractivity contribution < 1.29 is 23.1 Å². The van der Waals surface area contributed by atoms with Crippen molar-refractivity contribution in [2.24, 2.45) is 5.92 Å². The smallest absolute Gasteiger partial charge is 0.407 e. The number of carbonyl (C=O) groups is 2. The number of ether oxygens (including phenoxy) is 1. The zero-order valence-electron chi connectivity index (χ0n) is 18.5. The van der Waals surface area contributed by atoms with Crippen LogP contribution in [-0.2, 0) is 33.6 Å². The lowest BCUT2D eigenvalue weighted by atomic mass is 10.0. The van der Waals surface area contributed by atoms with E-state index in [1.165, 1.54) is 18.4 Å². The van der Waals surface area contributed by atoms with E-state index >= 15 is 0 Å². The van der Waals surface area contributed by atoms with Crippen molar-refractivity contribution in [3.05, 3.63) is 45.9 Å². The number of hydrogen-bond donors (Lipinski definition) is 3. The lowest BCUT2D eigenvalue weighted by molar-refractivity contribution is -0.124. The molecule has 2 aromatic rings. The van der Waals surface area contributed by atoms with Crippen LogP contribution < -0.4 is 15.4 Å². The Kier molecular flexibility index (Phi) is 10.1. The predicted molar refractivity (Wildman–Crippen MR) is 124 cm³/mol. The summed E-state index contributed by atoms with van der Waals surface area (Å²) in [6, 6.07) is 5.75. The van der Waals surface area contributed by atoms with Gasteiger partial charge in [-0.3, -0.25) is 9.00 Å². The van der Waals surface area contributed by atoms with Crippen molar-refractivity contribution in [1.82, 2.24) is 15.6 Å². The van der Waals surface area contributed by atoms with Gasteiger partial charge in [-0.2, -0.15) is 0 Å². The monoisotopic (exact) mass is 481 g/mol. The summed E-state index contributed by atoms with van der Waals surface area (Å²) in [5, 5.41) is 8.35. The number of nitrogens with zero attached hydrogens (tertiary/aromatic N) is 1. The lowest BCUT2D eigenvalue weighted by Crippen LogP contribution is -2.48. The zero-order valence-corrected chi connectivity index (χ0v) is 20.2. The first kappa shape index (κ1) is 25.8. The van der Waals surface area contributed by atoms with Crippen molar-refractivity contribution >= 4 is 40.3 Å². The van der Waals surface area contributed by atoms with Crippen LogP contribution in [0.25, 0.3) is 0 Å². The molecule has 0 aliphatic carbocycles. The Hall–Kier alpha value is -2.50. The molecule has 9 nitrogen and oxygen atoms in total. The first-order chi connectivity index (χ1) is 15.2. The van der Waals surface area contributed by atoms with Gasteiger partial charge >= 0.3 is 6.09 Å². The standard InChI is InChI=1S/C21H30N4O5S2/c1-5-15-12-31-20(22-15)18(11-14-6-8-16(9-7-14)25-32(28)29)23-19(26)17(10-13(2)3)24-21(27)30-4/h6-9,12-13,17-18,25H,5,10-11H2,1-4H3,(H,23,26)(H,24,27)(H,28,29)/p-1/t17-,18-/m0/s1. The molecule has 11 heteroatoms. The molecule has 0 bridgehead atoms. The van der Waals surface area contributed by atoms with Crippen LogP contribution in [0.4, 0.5) is 10.5 Å². The minimum atomic E-state index is -2.40. The van der Waals surface area contributed by atoms with E-state index in [0.29, 0.717) is 18.5 Å². The van der Waals surface area contributed by atoms with Crippen molar-refractivity contribution in [3.63, 3.8) is 0 Å². The predicted octanol–water partition coefficient (Wildman–Crippen LogP) is 3.08. The van der Waals surface area contributed by atoms with Gasteiger partial charge in [-0.1, -0.05) is 32.9 Å². The molecular formula is C21H29N4O5S2-. The molecule has 0 spiro atoms. The molecule has 0 saturated heterocycles. The maximum Gasteiger partial charge on any atom is 0.407 e. The number of amides is 2. The number of benzene rings is 1. The first-order valence-electron chi connectivity index (χ1n) is 10.3. The Morgan fingerprint density at radius 2 is 1.91 bits per heavy atom. The molecule has 0 saturated carbocycles. The molecule has 2 rings (SSSR count). The average molecular weight is 482 g/mol. The fraction of sp³-hybridized carbons (Fsp3) is 0.476. The summed E-state index contributed by atoms with van der Waals surface area (Å²) in [6.07, 6.45) is 1.03. The van der Waals surface area contributed by atoms with Crippen molar-refractivity contribution in [1.29, 1.82) is 0 Å². The summed E-state index contributed by atoms with van der Waals surface area (Å²) < 4.78 is 28.6. The molecule has 3 atom stereocenters. The fourth-order valence-electron chi connectivity index (χ4n) is 3.06. The van der Waals surface area contributed by atoms with E-state index in [4.69, 9.17) is 0 Å². The quantitative estimate of drug-likeness (QED) is 0.423. The Morgan fingerprint density at radius 1 is 1.22 bits per heavy atom. The molecule has 1 aromatic carbocycles. The summed E-state index contributed by atoms with van der Waals surface area (Å²) in [5.41, 5.74) is 2.28. The number of rotatable bonds is 11. The summed E-state index contributed by atoms with van der Waals surface area (Å²) in [4.78, 5) is 29.4. The largest absolute Gasteiger partial charge is 0.755 e. The van der Waals surface area contributed by atoms with Gasteiger partial charge in [0, 0.05) is 22.3 Å². The Morgan fingerprint density at radius 3 is 2.44 bits per heavy atom. The minimum absolute atomic E-state index is 0.180. The molecule has 32 heavy (non-hydrogen) atoms. The molecule has 0 aliphatic rings. The van der Waals surface area contributed by atoms with Crippen LogP contribution in [0.3, 0.4) is 0 Å². The van der Waals surface area contributed by atoms with Gasteiger partial charge in [-0.15, -0.1) is 11.3 Å². The number of methoxy groups -OCH3 is 1. The summed E-state index contributed by atoms with van der Waals surface area (Å²) in [7, 11) is 1.26. The van der Waals surface area contributed by atoms with E-state index in [1.807, 2.05) is 26.2 Å². The number of nitrogens with one attached hydrogen (secondary N) is 3. The Labute approximate surface area is 194 Å². The van der Waals surface area contributed by atoms with Gasteiger partial charge < -0.3 is 24.6 Å². The number of carbonyl (C=O) groups excluding carboxylic acids is 2. The lowest BCUT2D eigenvalue weighted by Gasteiger charge is -2.23. The maximum atomic E-state index is 13.1. The van der Waals surface area contributed by atoms with Crippen LogP contribution in [0.1, 0.15) is 49.5 Å². The van der Waals surface area contributed by atoms with E-state index in [0.717, 1.165) is 22.7 Å². The van der Waals surface area contributed by atoms with Gasteiger partial charge in [0.2, 0.25) is 5.91 Å². The van der Waals surface area contributed by atoms with E-state index < -0.39 is 29.4 Å². The van der Waals surface area contributed by atoms with Gasteiger partial charge in [0.05, 0.1) is 18.8 Å². The van der Waals surface area contributed by atoms with Gasteiger partial charge in [0.1, 0.15) is 11.0 Å². The van der Waals surface area contributed by atoms with Gasteiger partial charge in [0.15, 0.2) is 0 Å². The van der Waals surface area contributed by atoms with E-state index in [2.05, 4.69) is 25.1 Å². The molecule has 1 heterocycles. The number of aryl methyl sites for hydroxylation is 1. The van der Waals surface area contributed by atoms with Crippen molar-refractivity contribution in [2.45, 2.75) is 52.1 Å². The molecule has 3 N–H and O–H groups in total. The fourth-order valence-corrected chi connectivity index (χ4v) is 4.34. The summed E-state index contributed by atoms with van der Waals surface area (Å²) in [5.74, 6) is -0.137. The highest BCUT2D eigenvalue weighted by Crippen LogP contribution is 2.24. The minimum Gasteiger partial charge on any atom is -0.755 e. The number of hydrogen-bond acceptors (Lipinski definition) is 7. The molecule has 1 aromatic heterocycles. The van der Waals surface area contributed by atoms with Crippen molar-refractivity contribution in [2.75, 3.05) is 11.8 Å². The highest BCUT2D eigenvalue weighted by Gasteiger charge is 2.26.